The van der Waals surface area contributed by atoms with Gasteiger partial charge in [-0.25, -0.2) is 9.69 Å². The summed E-state index contributed by atoms with van der Waals surface area (Å²) in [6.45, 7) is 0.542. The summed E-state index contributed by atoms with van der Waals surface area (Å²) < 4.78 is 11.9. The molecule has 0 saturated carbocycles. The van der Waals surface area contributed by atoms with E-state index in [-0.39, 0.29) is 17.9 Å². The van der Waals surface area contributed by atoms with Crippen LogP contribution in [-0.2, 0) is 22.8 Å². The molecule has 7 nitrogen and oxygen atoms in total. The van der Waals surface area contributed by atoms with Gasteiger partial charge < -0.3 is 9.47 Å². The van der Waals surface area contributed by atoms with Crippen molar-refractivity contribution in [1.82, 2.24) is 5.32 Å². The number of urea groups is 1. The van der Waals surface area contributed by atoms with Crippen molar-refractivity contribution < 1.29 is 23.9 Å². The summed E-state index contributed by atoms with van der Waals surface area (Å²) in [5, 5.41) is 5.49. The van der Waals surface area contributed by atoms with Gasteiger partial charge in [0.1, 0.15) is 30.3 Å². The number of carbonyl (C=O) groups is 3. The molecular formula is C35H24Cl2N2O5. The molecule has 0 bridgehead atoms. The topological polar surface area (TPSA) is 84.9 Å². The van der Waals surface area contributed by atoms with Crippen molar-refractivity contribution in [3.63, 3.8) is 0 Å². The number of carbonyl (C=O) groups excluding carboxylic acids is 3. The third-order valence-electron chi connectivity index (χ3n) is 7.05. The minimum atomic E-state index is -0.842. The van der Waals surface area contributed by atoms with Crippen LogP contribution < -0.4 is 19.7 Å². The Bertz CT molecular complexity index is 1930. The monoisotopic (exact) mass is 622 g/mol. The number of benzene rings is 5. The van der Waals surface area contributed by atoms with Crippen molar-refractivity contribution in [3.8, 4) is 11.5 Å². The minimum Gasteiger partial charge on any atom is -0.489 e. The number of fused-ring (bicyclic) bond motifs is 1. The zero-order valence-corrected chi connectivity index (χ0v) is 24.6. The lowest BCUT2D eigenvalue weighted by Crippen LogP contribution is -2.54. The number of halogens is 2. The molecule has 9 heteroatoms. The zero-order chi connectivity index (χ0) is 30.6. The van der Waals surface area contributed by atoms with Gasteiger partial charge in [-0.3, -0.25) is 14.9 Å². The summed E-state index contributed by atoms with van der Waals surface area (Å²) in [5.74, 6) is -0.461. The molecule has 0 spiro atoms. The largest absolute Gasteiger partial charge is 0.489 e. The highest BCUT2D eigenvalue weighted by atomic mass is 35.5. The number of imide groups is 2. The molecule has 1 saturated heterocycles. The second kappa shape index (κ2) is 12.6. The predicted octanol–water partition coefficient (Wildman–Crippen LogP) is 7.97. The van der Waals surface area contributed by atoms with Crippen molar-refractivity contribution in [1.29, 1.82) is 0 Å². The number of barbiturate groups is 1. The molecule has 0 aliphatic carbocycles. The van der Waals surface area contributed by atoms with Crippen molar-refractivity contribution in [3.05, 3.63) is 142 Å². The summed E-state index contributed by atoms with van der Waals surface area (Å²) in [6.07, 6.45) is 1.44. The normalized spacial score (nSPS) is 14.2. The number of anilines is 1. The van der Waals surface area contributed by atoms with Crippen LogP contribution in [0.1, 0.15) is 16.7 Å². The Kier molecular flexibility index (Phi) is 8.32. The highest BCUT2D eigenvalue weighted by molar-refractivity contribution is 6.39. The van der Waals surface area contributed by atoms with Gasteiger partial charge in [-0.2, -0.15) is 0 Å². The molecule has 0 atom stereocenters. The van der Waals surface area contributed by atoms with E-state index >= 15 is 0 Å². The number of hydrogen-bond acceptors (Lipinski definition) is 5. The molecule has 1 aliphatic rings. The maximum Gasteiger partial charge on any atom is 0.335 e. The lowest BCUT2D eigenvalue weighted by atomic mass is 10.1. The molecule has 4 amide bonds. The first kappa shape index (κ1) is 29.0. The van der Waals surface area contributed by atoms with Gasteiger partial charge in [0.2, 0.25) is 0 Å². The average Bonchev–Trinajstić information content (AvgIpc) is 3.02. The highest BCUT2D eigenvalue weighted by Gasteiger charge is 2.36. The molecule has 5 aromatic rings. The second-order valence-electron chi connectivity index (χ2n) is 9.98. The van der Waals surface area contributed by atoms with Crippen molar-refractivity contribution in [2.24, 2.45) is 0 Å². The highest BCUT2D eigenvalue weighted by Crippen LogP contribution is 2.27. The van der Waals surface area contributed by atoms with E-state index in [1.807, 2.05) is 42.5 Å². The van der Waals surface area contributed by atoms with Crippen LogP contribution in [0.2, 0.25) is 10.0 Å². The number of ether oxygens (including phenoxy) is 2. The van der Waals surface area contributed by atoms with E-state index in [0.717, 1.165) is 26.8 Å². The minimum absolute atomic E-state index is 0.187. The van der Waals surface area contributed by atoms with Crippen molar-refractivity contribution >= 4 is 63.6 Å². The number of hydrogen-bond donors (Lipinski definition) is 1. The standard InChI is InChI=1S/C35H24Cl2N2O5/c36-26-12-11-25(32(37)19-26)21-43-28-15-13-27(14-16-28)39-34(41)31(33(40)38-35(39)42)18-22-5-3-9-29(17-22)44-20-24-8-4-7-23-6-1-2-10-30(23)24/h1-19H,20-21H2,(H,38,40,42)/b31-18-. The van der Waals surface area contributed by atoms with Gasteiger partial charge in [0.25, 0.3) is 11.8 Å². The molecule has 44 heavy (non-hydrogen) atoms. The van der Waals surface area contributed by atoms with Gasteiger partial charge in [0, 0.05) is 15.6 Å². The molecule has 6 rings (SSSR count). The van der Waals surface area contributed by atoms with Crippen LogP contribution in [0.5, 0.6) is 11.5 Å². The predicted molar refractivity (Wildman–Crippen MR) is 171 cm³/mol. The van der Waals surface area contributed by atoms with Gasteiger partial charge in [0.15, 0.2) is 0 Å². The van der Waals surface area contributed by atoms with Crippen LogP contribution in [0.4, 0.5) is 10.5 Å². The molecule has 0 aromatic heterocycles. The maximum absolute atomic E-state index is 13.4. The summed E-state index contributed by atoms with van der Waals surface area (Å²) in [6, 6.07) is 31.8. The molecule has 1 fully saturated rings. The van der Waals surface area contributed by atoms with Crippen molar-refractivity contribution in [2.45, 2.75) is 13.2 Å². The Morgan fingerprint density at radius 3 is 2.25 bits per heavy atom. The van der Waals surface area contributed by atoms with E-state index in [0.29, 0.717) is 33.7 Å². The van der Waals surface area contributed by atoms with E-state index < -0.39 is 17.8 Å². The molecule has 1 aliphatic heterocycles. The first-order chi connectivity index (χ1) is 21.4. The fourth-order valence-corrected chi connectivity index (χ4v) is 5.29. The third kappa shape index (κ3) is 6.29. The van der Waals surface area contributed by atoms with Crippen molar-refractivity contribution in [2.75, 3.05) is 4.90 Å². The summed E-state index contributed by atoms with van der Waals surface area (Å²) in [5.41, 5.74) is 2.44. The summed E-state index contributed by atoms with van der Waals surface area (Å²) in [4.78, 5) is 39.8. The quantitative estimate of drug-likeness (QED) is 0.140. The molecular weight excluding hydrogens is 599 g/mol. The number of nitrogens with one attached hydrogen (secondary N) is 1. The third-order valence-corrected chi connectivity index (χ3v) is 7.64. The van der Waals surface area contributed by atoms with Crippen LogP contribution in [0, 0.1) is 0 Å². The SMILES string of the molecule is O=C1NC(=O)N(c2ccc(OCc3ccc(Cl)cc3Cl)cc2)C(=O)/C1=C\c1cccc(OCc2cccc3ccccc23)c1. The van der Waals surface area contributed by atoms with E-state index in [4.69, 9.17) is 32.7 Å². The zero-order valence-electron chi connectivity index (χ0n) is 23.1. The second-order valence-corrected chi connectivity index (χ2v) is 10.8. The van der Waals surface area contributed by atoms with E-state index in [1.165, 1.54) is 6.08 Å². The van der Waals surface area contributed by atoms with E-state index in [2.05, 4.69) is 5.32 Å². The average molecular weight is 623 g/mol. The summed E-state index contributed by atoms with van der Waals surface area (Å²) in [7, 11) is 0. The van der Waals surface area contributed by atoms with Gasteiger partial charge >= 0.3 is 6.03 Å². The van der Waals surface area contributed by atoms with Crippen LogP contribution in [-0.4, -0.2) is 17.8 Å². The first-order valence-corrected chi connectivity index (χ1v) is 14.4. The number of amides is 4. The smallest absolute Gasteiger partial charge is 0.335 e. The Morgan fingerprint density at radius 1 is 0.705 bits per heavy atom. The Balaban J connectivity index is 1.17. The summed E-state index contributed by atoms with van der Waals surface area (Å²) >= 11 is 12.2. The van der Waals surface area contributed by atoms with Gasteiger partial charge in [-0.05, 0) is 76.5 Å². The molecule has 218 valence electrons. The lowest BCUT2D eigenvalue weighted by Gasteiger charge is -2.26. The lowest BCUT2D eigenvalue weighted by molar-refractivity contribution is -0.122. The molecule has 5 aromatic carbocycles. The van der Waals surface area contributed by atoms with Crippen LogP contribution in [0.3, 0.4) is 0 Å². The Morgan fingerprint density at radius 2 is 1.43 bits per heavy atom. The number of rotatable bonds is 8. The Hall–Kier alpha value is -5.11. The number of nitrogens with zero attached hydrogens (tertiary/aromatic N) is 1. The molecule has 1 heterocycles. The van der Waals surface area contributed by atoms with E-state index in [1.54, 1.807) is 66.7 Å². The van der Waals surface area contributed by atoms with Crippen LogP contribution in [0.25, 0.3) is 16.8 Å². The molecule has 0 radical (unpaired) electrons. The van der Waals surface area contributed by atoms with E-state index in [9.17, 15) is 14.4 Å². The van der Waals surface area contributed by atoms with Crippen LogP contribution in [0.15, 0.2) is 115 Å². The first-order valence-electron chi connectivity index (χ1n) is 13.6. The molecule has 1 N–H and O–H groups in total. The van der Waals surface area contributed by atoms with Gasteiger partial charge in [-0.1, -0.05) is 83.9 Å². The van der Waals surface area contributed by atoms with Crippen LogP contribution >= 0.6 is 23.2 Å². The maximum atomic E-state index is 13.4. The fourth-order valence-electron chi connectivity index (χ4n) is 4.82. The van der Waals surface area contributed by atoms with Gasteiger partial charge in [-0.15, -0.1) is 0 Å². The Labute approximate surface area is 263 Å². The van der Waals surface area contributed by atoms with Gasteiger partial charge in [0.05, 0.1) is 5.69 Å². The fraction of sp³-hybridized carbons (Fsp3) is 0.0571. The molecule has 0 unspecified atom stereocenters.